The second-order valence-corrected chi connectivity index (χ2v) is 3.97. The maximum atomic E-state index is 11.3. The predicted octanol–water partition coefficient (Wildman–Crippen LogP) is 1.49. The first-order valence-electron chi connectivity index (χ1n) is 4.90. The molecule has 3 heteroatoms. The molecule has 0 aromatic carbocycles. The molecule has 13 heavy (non-hydrogen) atoms. The van der Waals surface area contributed by atoms with Crippen LogP contribution in [0.15, 0.2) is 0 Å². The normalized spacial score (nSPS) is 23.6. The highest BCUT2D eigenvalue weighted by Gasteiger charge is 2.40. The lowest BCUT2D eigenvalue weighted by Gasteiger charge is -2.32. The van der Waals surface area contributed by atoms with Gasteiger partial charge in [-0.2, -0.15) is 0 Å². The quantitative estimate of drug-likeness (QED) is 0.665. The van der Waals surface area contributed by atoms with Crippen molar-refractivity contribution in [2.75, 3.05) is 7.11 Å². The summed E-state index contributed by atoms with van der Waals surface area (Å²) in [6, 6.07) is 0. The van der Waals surface area contributed by atoms with Crippen LogP contribution < -0.4 is 0 Å². The molecule has 0 aromatic heterocycles. The number of carbonyl (C=O) groups is 1. The maximum absolute atomic E-state index is 11.3. The van der Waals surface area contributed by atoms with Gasteiger partial charge < -0.3 is 9.84 Å². The Kier molecular flexibility index (Phi) is 3.31. The third kappa shape index (κ3) is 2.21. The van der Waals surface area contributed by atoms with E-state index in [9.17, 15) is 9.90 Å². The van der Waals surface area contributed by atoms with Crippen molar-refractivity contribution in [3.8, 4) is 0 Å². The molecule has 1 unspecified atom stereocenters. The van der Waals surface area contributed by atoms with Gasteiger partial charge >= 0.3 is 5.97 Å². The number of carbonyl (C=O) groups excluding carboxylic acids is 1. The lowest BCUT2D eigenvalue weighted by atomic mass is 9.78. The van der Waals surface area contributed by atoms with E-state index in [0.717, 1.165) is 25.7 Å². The molecule has 0 saturated heterocycles. The van der Waals surface area contributed by atoms with Gasteiger partial charge in [-0.15, -0.1) is 0 Å². The average Bonchev–Trinajstić information content (AvgIpc) is 2.18. The minimum absolute atomic E-state index is 0.0775. The van der Waals surface area contributed by atoms with Gasteiger partial charge in [-0.25, -0.2) is 4.79 Å². The zero-order valence-electron chi connectivity index (χ0n) is 8.38. The summed E-state index contributed by atoms with van der Waals surface area (Å²) in [5.74, 6) is -0.423. The Hall–Kier alpha value is -0.570. The molecule has 3 nitrogen and oxygen atoms in total. The Morgan fingerprint density at radius 3 is 2.38 bits per heavy atom. The first-order valence-corrected chi connectivity index (χ1v) is 4.90. The predicted molar refractivity (Wildman–Crippen MR) is 49.2 cm³/mol. The van der Waals surface area contributed by atoms with E-state index in [1.54, 1.807) is 6.92 Å². The summed E-state index contributed by atoms with van der Waals surface area (Å²) in [6.45, 7) is 1.56. The van der Waals surface area contributed by atoms with Crippen LogP contribution in [0.2, 0.25) is 0 Å². The van der Waals surface area contributed by atoms with Gasteiger partial charge in [-0.3, -0.25) is 0 Å². The van der Waals surface area contributed by atoms with Crippen molar-refractivity contribution in [3.63, 3.8) is 0 Å². The van der Waals surface area contributed by atoms with E-state index in [1.807, 2.05) is 0 Å². The highest BCUT2D eigenvalue weighted by Crippen LogP contribution is 2.33. The molecule has 0 radical (unpaired) electrons. The standard InChI is InChI=1S/C10H18O3/c1-10(12,9(11)13-2)8-6-4-3-5-7-8/h8,12H,3-7H2,1-2H3. The summed E-state index contributed by atoms with van der Waals surface area (Å²) >= 11 is 0. The molecule has 1 rings (SSSR count). The van der Waals surface area contributed by atoms with Gasteiger partial charge in [0.1, 0.15) is 0 Å². The van der Waals surface area contributed by atoms with E-state index in [2.05, 4.69) is 4.74 Å². The van der Waals surface area contributed by atoms with Gasteiger partial charge in [0.05, 0.1) is 7.11 Å². The number of hydrogen-bond donors (Lipinski definition) is 1. The highest BCUT2D eigenvalue weighted by atomic mass is 16.5. The zero-order valence-corrected chi connectivity index (χ0v) is 8.38. The van der Waals surface area contributed by atoms with Gasteiger partial charge in [0.2, 0.25) is 0 Å². The topological polar surface area (TPSA) is 46.5 Å². The van der Waals surface area contributed by atoms with Crippen molar-refractivity contribution in [1.29, 1.82) is 0 Å². The molecule has 0 spiro atoms. The minimum Gasteiger partial charge on any atom is -0.467 e. The fourth-order valence-electron chi connectivity index (χ4n) is 2.04. The summed E-state index contributed by atoms with van der Waals surface area (Å²) < 4.78 is 4.58. The van der Waals surface area contributed by atoms with Crippen molar-refractivity contribution in [1.82, 2.24) is 0 Å². The van der Waals surface area contributed by atoms with Crippen LogP contribution in [0.4, 0.5) is 0 Å². The van der Waals surface area contributed by atoms with Crippen molar-refractivity contribution in [3.05, 3.63) is 0 Å². The molecule has 1 saturated carbocycles. The second-order valence-electron chi connectivity index (χ2n) is 3.97. The average molecular weight is 186 g/mol. The molecule has 1 N–H and O–H groups in total. The number of esters is 1. The van der Waals surface area contributed by atoms with Gasteiger partial charge in [-0.05, 0) is 25.7 Å². The number of ether oxygens (including phenoxy) is 1. The molecule has 1 aliphatic rings. The molecule has 1 aliphatic carbocycles. The van der Waals surface area contributed by atoms with Gasteiger partial charge in [-0.1, -0.05) is 19.3 Å². The van der Waals surface area contributed by atoms with E-state index in [4.69, 9.17) is 0 Å². The first-order chi connectivity index (χ1) is 6.09. The Morgan fingerprint density at radius 1 is 1.38 bits per heavy atom. The molecular weight excluding hydrogens is 168 g/mol. The highest BCUT2D eigenvalue weighted by molar-refractivity contribution is 5.79. The summed E-state index contributed by atoms with van der Waals surface area (Å²) in [5.41, 5.74) is -1.28. The summed E-state index contributed by atoms with van der Waals surface area (Å²) in [7, 11) is 1.32. The molecule has 1 fully saturated rings. The van der Waals surface area contributed by atoms with Gasteiger partial charge in [0, 0.05) is 0 Å². The summed E-state index contributed by atoms with van der Waals surface area (Å²) in [5, 5.41) is 9.93. The third-order valence-corrected chi connectivity index (χ3v) is 3.00. The van der Waals surface area contributed by atoms with E-state index < -0.39 is 11.6 Å². The van der Waals surface area contributed by atoms with Crippen LogP contribution in [0.3, 0.4) is 0 Å². The van der Waals surface area contributed by atoms with E-state index in [0.29, 0.717) is 0 Å². The number of aliphatic hydroxyl groups is 1. The fourth-order valence-corrected chi connectivity index (χ4v) is 2.04. The molecule has 0 amide bonds. The monoisotopic (exact) mass is 186 g/mol. The Labute approximate surface area is 79.1 Å². The van der Waals surface area contributed by atoms with Crippen molar-refractivity contribution in [2.24, 2.45) is 5.92 Å². The SMILES string of the molecule is COC(=O)C(C)(O)C1CCCCC1. The zero-order chi connectivity index (χ0) is 9.90. The van der Waals surface area contributed by atoms with Crippen LogP contribution in [0, 0.1) is 5.92 Å². The third-order valence-electron chi connectivity index (χ3n) is 3.00. The Balaban J connectivity index is 2.60. The van der Waals surface area contributed by atoms with Crippen LogP contribution in [0.25, 0.3) is 0 Å². The van der Waals surface area contributed by atoms with Crippen molar-refractivity contribution < 1.29 is 14.6 Å². The lowest BCUT2D eigenvalue weighted by Crippen LogP contribution is -2.44. The van der Waals surface area contributed by atoms with Crippen molar-refractivity contribution in [2.45, 2.75) is 44.6 Å². The lowest BCUT2D eigenvalue weighted by molar-refractivity contribution is -0.167. The number of hydrogen-bond acceptors (Lipinski definition) is 3. The number of rotatable bonds is 2. The molecule has 0 aliphatic heterocycles. The molecule has 0 bridgehead atoms. The first kappa shape index (κ1) is 10.5. The Bertz CT molecular complexity index is 181. The van der Waals surface area contributed by atoms with E-state index in [1.165, 1.54) is 13.5 Å². The molecule has 76 valence electrons. The van der Waals surface area contributed by atoms with Gasteiger partial charge in [0.15, 0.2) is 5.60 Å². The van der Waals surface area contributed by atoms with Crippen LogP contribution >= 0.6 is 0 Å². The smallest absolute Gasteiger partial charge is 0.337 e. The summed E-state index contributed by atoms with van der Waals surface area (Å²) in [6.07, 6.45) is 5.30. The fraction of sp³-hybridized carbons (Fsp3) is 0.900. The minimum atomic E-state index is -1.28. The maximum Gasteiger partial charge on any atom is 0.337 e. The molecular formula is C10H18O3. The van der Waals surface area contributed by atoms with Crippen molar-refractivity contribution >= 4 is 5.97 Å². The summed E-state index contributed by atoms with van der Waals surface area (Å²) in [4.78, 5) is 11.3. The molecule has 0 aromatic rings. The van der Waals surface area contributed by atoms with E-state index in [-0.39, 0.29) is 5.92 Å². The van der Waals surface area contributed by atoms with Gasteiger partial charge in [0.25, 0.3) is 0 Å². The molecule has 1 atom stereocenters. The van der Waals surface area contributed by atoms with Crippen LogP contribution in [0.1, 0.15) is 39.0 Å². The van der Waals surface area contributed by atoms with Crippen LogP contribution in [-0.4, -0.2) is 23.8 Å². The number of methoxy groups -OCH3 is 1. The van der Waals surface area contributed by atoms with E-state index >= 15 is 0 Å². The second kappa shape index (κ2) is 4.09. The van der Waals surface area contributed by atoms with Crippen LogP contribution in [-0.2, 0) is 9.53 Å². The molecule has 0 heterocycles. The Morgan fingerprint density at radius 2 is 1.92 bits per heavy atom. The van der Waals surface area contributed by atoms with Crippen LogP contribution in [0.5, 0.6) is 0 Å². The largest absolute Gasteiger partial charge is 0.467 e.